The second-order valence-corrected chi connectivity index (χ2v) is 3.40. The first-order chi connectivity index (χ1) is 7.97. The summed E-state index contributed by atoms with van der Waals surface area (Å²) in [6.07, 6.45) is -4.30. The number of likely N-dealkylation sites (N-methyl/N-ethyl adjacent to an activating group) is 1. The zero-order chi connectivity index (χ0) is 12.9. The number of benzene rings is 1. The van der Waals surface area contributed by atoms with Gasteiger partial charge in [-0.05, 0) is 31.3 Å². The minimum Gasteiger partial charge on any atom is -0.343 e. The van der Waals surface area contributed by atoms with Crippen LogP contribution in [-0.2, 0) is 6.18 Å². The maximum absolute atomic E-state index is 12.3. The van der Waals surface area contributed by atoms with E-state index in [-0.39, 0.29) is 0 Å². The van der Waals surface area contributed by atoms with E-state index in [4.69, 9.17) is 0 Å². The maximum atomic E-state index is 12.3. The average molecular weight is 245 g/mol. The van der Waals surface area contributed by atoms with E-state index >= 15 is 0 Å². The number of rotatable bonds is 3. The number of nitrogens with one attached hydrogen (secondary N) is 2. The van der Waals surface area contributed by atoms with Gasteiger partial charge in [0.2, 0.25) is 0 Å². The Morgan fingerprint density at radius 2 is 1.82 bits per heavy atom. The van der Waals surface area contributed by atoms with Crippen LogP contribution in [0.5, 0.6) is 0 Å². The van der Waals surface area contributed by atoms with E-state index in [2.05, 4.69) is 15.6 Å². The molecule has 0 saturated carbocycles. The zero-order valence-corrected chi connectivity index (χ0v) is 9.60. The first-order valence-corrected chi connectivity index (χ1v) is 5.02. The van der Waals surface area contributed by atoms with Crippen LogP contribution in [0.4, 0.5) is 18.9 Å². The molecule has 17 heavy (non-hydrogen) atoms. The van der Waals surface area contributed by atoms with Crippen molar-refractivity contribution < 1.29 is 13.2 Å². The molecule has 0 amide bonds. The molecule has 0 bridgehead atoms. The number of halogens is 3. The van der Waals surface area contributed by atoms with Crippen LogP contribution in [-0.4, -0.2) is 26.5 Å². The van der Waals surface area contributed by atoms with Crippen molar-refractivity contribution in [1.82, 2.24) is 5.32 Å². The van der Waals surface area contributed by atoms with Gasteiger partial charge in [0.15, 0.2) is 0 Å². The fraction of sp³-hybridized carbons (Fsp3) is 0.364. The number of aliphatic imine (C=N–C) groups is 1. The topological polar surface area (TPSA) is 36.4 Å². The van der Waals surface area contributed by atoms with Gasteiger partial charge in [-0.25, -0.2) is 0 Å². The number of hydrogen-bond acceptors (Lipinski definition) is 2. The summed E-state index contributed by atoms with van der Waals surface area (Å²) in [6, 6.07) is 4.83. The van der Waals surface area contributed by atoms with E-state index in [0.29, 0.717) is 18.1 Å². The lowest BCUT2D eigenvalue weighted by Crippen LogP contribution is -2.25. The lowest BCUT2D eigenvalue weighted by Gasteiger charge is -2.10. The van der Waals surface area contributed by atoms with Gasteiger partial charge in [0.05, 0.1) is 12.1 Å². The molecule has 0 unspecified atom stereocenters. The van der Waals surface area contributed by atoms with Gasteiger partial charge in [-0.3, -0.25) is 4.99 Å². The third kappa shape index (κ3) is 4.07. The normalized spacial score (nSPS) is 12.6. The Balaban J connectivity index is 2.75. The van der Waals surface area contributed by atoms with Gasteiger partial charge in [0, 0.05) is 12.7 Å². The van der Waals surface area contributed by atoms with Crippen molar-refractivity contribution in [2.75, 3.05) is 26.0 Å². The molecule has 3 nitrogen and oxygen atoms in total. The second-order valence-electron chi connectivity index (χ2n) is 3.40. The summed E-state index contributed by atoms with van der Waals surface area (Å²) in [5, 5.41) is 5.83. The smallest absolute Gasteiger partial charge is 0.343 e. The highest BCUT2D eigenvalue weighted by Gasteiger charge is 2.29. The highest BCUT2D eigenvalue weighted by molar-refractivity contribution is 5.96. The molecule has 0 fully saturated rings. The monoisotopic (exact) mass is 245 g/mol. The van der Waals surface area contributed by atoms with E-state index < -0.39 is 11.7 Å². The standard InChI is InChI=1S/C11H14F3N3/c1-15-7-10(16-2)17-9-5-3-8(4-6-9)11(12,13)14/h3-6,15H,7H2,1-2H3,(H,16,17). The van der Waals surface area contributed by atoms with Crippen molar-refractivity contribution in [3.8, 4) is 0 Å². The van der Waals surface area contributed by atoms with Crippen LogP contribution >= 0.6 is 0 Å². The molecule has 1 aromatic carbocycles. The van der Waals surface area contributed by atoms with Crippen molar-refractivity contribution in [2.24, 2.45) is 4.99 Å². The van der Waals surface area contributed by atoms with Gasteiger partial charge in [0.25, 0.3) is 0 Å². The molecular weight excluding hydrogens is 231 g/mol. The molecule has 0 saturated heterocycles. The van der Waals surface area contributed by atoms with Gasteiger partial charge in [-0.15, -0.1) is 0 Å². The van der Waals surface area contributed by atoms with Crippen molar-refractivity contribution >= 4 is 11.5 Å². The Bertz CT molecular complexity index is 382. The Hall–Kier alpha value is -1.56. The van der Waals surface area contributed by atoms with Crippen LogP contribution in [0.3, 0.4) is 0 Å². The number of amidine groups is 1. The van der Waals surface area contributed by atoms with E-state index in [1.54, 1.807) is 14.1 Å². The molecular formula is C11H14F3N3. The van der Waals surface area contributed by atoms with Crippen LogP contribution in [0.1, 0.15) is 5.56 Å². The van der Waals surface area contributed by atoms with Crippen LogP contribution in [0.2, 0.25) is 0 Å². The van der Waals surface area contributed by atoms with Crippen LogP contribution in [0, 0.1) is 0 Å². The summed E-state index contributed by atoms with van der Waals surface area (Å²) < 4.78 is 36.9. The molecule has 0 aliphatic heterocycles. The molecule has 0 radical (unpaired) electrons. The number of anilines is 1. The summed E-state index contributed by atoms with van der Waals surface area (Å²) in [5.74, 6) is 0.659. The summed E-state index contributed by atoms with van der Waals surface area (Å²) >= 11 is 0. The Kier molecular flexibility index (Phi) is 4.51. The van der Waals surface area contributed by atoms with E-state index in [0.717, 1.165) is 12.1 Å². The van der Waals surface area contributed by atoms with Gasteiger partial charge in [0.1, 0.15) is 5.84 Å². The predicted molar refractivity (Wildman–Crippen MR) is 62.4 cm³/mol. The molecule has 1 aromatic rings. The summed E-state index contributed by atoms with van der Waals surface area (Å²) in [7, 11) is 3.38. The Labute approximate surface area is 97.7 Å². The molecule has 1 rings (SSSR count). The number of nitrogens with zero attached hydrogens (tertiary/aromatic N) is 1. The van der Waals surface area contributed by atoms with Crippen molar-refractivity contribution in [3.63, 3.8) is 0 Å². The third-order valence-electron chi connectivity index (χ3n) is 2.11. The molecule has 0 heterocycles. The largest absolute Gasteiger partial charge is 0.416 e. The second kappa shape index (κ2) is 5.67. The third-order valence-corrected chi connectivity index (χ3v) is 2.11. The fourth-order valence-corrected chi connectivity index (χ4v) is 1.26. The lowest BCUT2D eigenvalue weighted by atomic mass is 10.2. The molecule has 0 atom stereocenters. The Morgan fingerprint density at radius 3 is 2.24 bits per heavy atom. The minimum absolute atomic E-state index is 0.525. The molecule has 0 aliphatic rings. The van der Waals surface area contributed by atoms with Crippen LogP contribution < -0.4 is 10.6 Å². The van der Waals surface area contributed by atoms with Gasteiger partial charge in [-0.1, -0.05) is 0 Å². The molecule has 0 aliphatic carbocycles. The SMILES string of the molecule is CN=C(CNC)Nc1ccc(C(F)(F)F)cc1. The molecule has 6 heteroatoms. The Morgan fingerprint density at radius 1 is 1.24 bits per heavy atom. The first kappa shape index (κ1) is 13.5. The fourth-order valence-electron chi connectivity index (χ4n) is 1.26. The van der Waals surface area contributed by atoms with Crippen molar-refractivity contribution in [3.05, 3.63) is 29.8 Å². The molecule has 94 valence electrons. The summed E-state index contributed by atoms with van der Waals surface area (Å²) in [5.41, 5.74) is -0.0829. The van der Waals surface area contributed by atoms with Gasteiger partial charge < -0.3 is 10.6 Å². The zero-order valence-electron chi connectivity index (χ0n) is 9.60. The van der Waals surface area contributed by atoms with Gasteiger partial charge in [-0.2, -0.15) is 13.2 Å². The summed E-state index contributed by atoms with van der Waals surface area (Å²) in [4.78, 5) is 3.97. The van der Waals surface area contributed by atoms with Crippen LogP contribution in [0.25, 0.3) is 0 Å². The van der Waals surface area contributed by atoms with E-state index in [9.17, 15) is 13.2 Å². The van der Waals surface area contributed by atoms with Crippen molar-refractivity contribution in [1.29, 1.82) is 0 Å². The van der Waals surface area contributed by atoms with E-state index in [1.807, 2.05) is 0 Å². The number of alkyl halides is 3. The molecule has 0 aromatic heterocycles. The number of hydrogen-bond donors (Lipinski definition) is 2. The highest BCUT2D eigenvalue weighted by atomic mass is 19.4. The lowest BCUT2D eigenvalue weighted by molar-refractivity contribution is -0.137. The molecule has 0 spiro atoms. The van der Waals surface area contributed by atoms with Crippen LogP contribution in [0.15, 0.2) is 29.3 Å². The quantitative estimate of drug-likeness (QED) is 0.633. The summed E-state index contributed by atoms with van der Waals surface area (Å²) in [6.45, 7) is 0.525. The first-order valence-electron chi connectivity index (χ1n) is 5.02. The molecule has 2 N–H and O–H groups in total. The predicted octanol–water partition coefficient (Wildman–Crippen LogP) is 2.37. The maximum Gasteiger partial charge on any atom is 0.416 e. The highest BCUT2D eigenvalue weighted by Crippen LogP contribution is 2.29. The average Bonchev–Trinajstić information content (AvgIpc) is 2.28. The van der Waals surface area contributed by atoms with Crippen molar-refractivity contribution in [2.45, 2.75) is 6.18 Å². The van der Waals surface area contributed by atoms with Gasteiger partial charge >= 0.3 is 6.18 Å². The minimum atomic E-state index is -4.30. The van der Waals surface area contributed by atoms with E-state index in [1.165, 1.54) is 12.1 Å².